The van der Waals surface area contributed by atoms with Crippen molar-refractivity contribution in [3.05, 3.63) is 29.8 Å². The largest absolute Gasteiger partial charge is 0.508 e. The van der Waals surface area contributed by atoms with Crippen LogP contribution in [0.25, 0.3) is 0 Å². The molecular formula is C13H17NO. The lowest BCUT2D eigenvalue weighted by molar-refractivity contribution is 0.475. The lowest BCUT2D eigenvalue weighted by Crippen LogP contribution is -2.12. The van der Waals surface area contributed by atoms with Gasteiger partial charge in [0.15, 0.2) is 0 Å². The maximum atomic E-state index is 9.24. The Labute approximate surface area is 90.7 Å². The minimum Gasteiger partial charge on any atom is -0.508 e. The molecule has 0 aliphatic heterocycles. The first-order chi connectivity index (χ1) is 7.31. The molecule has 0 aromatic heterocycles. The fraction of sp³-hybridized carbons (Fsp3) is 0.462. The second-order valence-corrected chi connectivity index (χ2v) is 4.14. The highest BCUT2D eigenvalue weighted by atomic mass is 16.3. The number of nitrogens with zero attached hydrogens (tertiary/aromatic N) is 1. The van der Waals surface area contributed by atoms with E-state index in [0.717, 1.165) is 5.56 Å². The topological polar surface area (TPSA) is 32.6 Å². The molecular weight excluding hydrogens is 186 g/mol. The number of aliphatic imine (C=N–C) groups is 1. The molecule has 2 heteroatoms. The third-order valence-electron chi connectivity index (χ3n) is 3.15. The maximum Gasteiger partial charge on any atom is 0.115 e. The van der Waals surface area contributed by atoms with E-state index in [-0.39, 0.29) is 0 Å². The van der Waals surface area contributed by atoms with Crippen LogP contribution >= 0.6 is 0 Å². The van der Waals surface area contributed by atoms with Gasteiger partial charge in [0.2, 0.25) is 0 Å². The SMILES string of the molecule is CN=C(c1ccc(O)cc1)C1CCCC1. The highest BCUT2D eigenvalue weighted by molar-refractivity contribution is 6.02. The average Bonchev–Trinajstić information content (AvgIpc) is 2.75. The van der Waals surface area contributed by atoms with Gasteiger partial charge in [-0.3, -0.25) is 4.99 Å². The first-order valence-corrected chi connectivity index (χ1v) is 5.57. The van der Waals surface area contributed by atoms with E-state index < -0.39 is 0 Å². The lowest BCUT2D eigenvalue weighted by atomic mass is 9.95. The van der Waals surface area contributed by atoms with Crippen LogP contribution in [0.3, 0.4) is 0 Å². The van der Waals surface area contributed by atoms with Crippen LogP contribution in [0.1, 0.15) is 31.2 Å². The normalized spacial score (nSPS) is 18.3. The summed E-state index contributed by atoms with van der Waals surface area (Å²) in [5.74, 6) is 0.945. The zero-order valence-electron chi connectivity index (χ0n) is 9.11. The van der Waals surface area contributed by atoms with Crippen molar-refractivity contribution in [3.8, 4) is 5.75 Å². The van der Waals surface area contributed by atoms with Gasteiger partial charge in [-0.25, -0.2) is 0 Å². The zero-order chi connectivity index (χ0) is 10.7. The molecule has 2 rings (SSSR count). The third-order valence-corrected chi connectivity index (χ3v) is 3.15. The Balaban J connectivity index is 2.23. The highest BCUT2D eigenvalue weighted by Crippen LogP contribution is 2.29. The summed E-state index contributed by atoms with van der Waals surface area (Å²) in [7, 11) is 1.86. The van der Waals surface area contributed by atoms with E-state index in [2.05, 4.69) is 4.99 Å². The van der Waals surface area contributed by atoms with Crippen LogP contribution in [0.4, 0.5) is 0 Å². The molecule has 1 aromatic rings. The number of hydrogen-bond donors (Lipinski definition) is 1. The molecule has 15 heavy (non-hydrogen) atoms. The molecule has 0 saturated heterocycles. The molecule has 0 unspecified atom stereocenters. The van der Waals surface area contributed by atoms with Gasteiger partial charge >= 0.3 is 0 Å². The van der Waals surface area contributed by atoms with Crippen molar-refractivity contribution in [2.24, 2.45) is 10.9 Å². The van der Waals surface area contributed by atoms with Crippen LogP contribution in [-0.4, -0.2) is 17.9 Å². The van der Waals surface area contributed by atoms with Crippen LogP contribution < -0.4 is 0 Å². The van der Waals surface area contributed by atoms with Gasteiger partial charge in [0.25, 0.3) is 0 Å². The summed E-state index contributed by atoms with van der Waals surface area (Å²) in [6.45, 7) is 0. The summed E-state index contributed by atoms with van der Waals surface area (Å²) in [6.07, 6.45) is 5.16. The maximum absolute atomic E-state index is 9.24. The van der Waals surface area contributed by atoms with Gasteiger partial charge in [-0.05, 0) is 42.7 Å². The monoisotopic (exact) mass is 203 g/mol. The number of hydrogen-bond acceptors (Lipinski definition) is 2. The molecule has 0 radical (unpaired) electrons. The Morgan fingerprint density at radius 2 is 1.80 bits per heavy atom. The molecule has 1 fully saturated rings. The minimum atomic E-state index is 0.320. The Morgan fingerprint density at radius 1 is 1.20 bits per heavy atom. The molecule has 1 aliphatic carbocycles. The van der Waals surface area contributed by atoms with E-state index in [1.807, 2.05) is 19.2 Å². The van der Waals surface area contributed by atoms with Gasteiger partial charge in [-0.2, -0.15) is 0 Å². The lowest BCUT2D eigenvalue weighted by Gasteiger charge is -2.12. The molecule has 0 heterocycles. The summed E-state index contributed by atoms with van der Waals surface area (Å²) in [4.78, 5) is 4.40. The average molecular weight is 203 g/mol. The van der Waals surface area contributed by atoms with Gasteiger partial charge in [0.05, 0.1) is 0 Å². The number of aromatic hydroxyl groups is 1. The Hall–Kier alpha value is -1.31. The van der Waals surface area contributed by atoms with E-state index in [1.54, 1.807) is 12.1 Å². The van der Waals surface area contributed by atoms with Crippen LogP contribution in [0, 0.1) is 5.92 Å². The molecule has 0 amide bonds. The molecule has 1 saturated carbocycles. The van der Waals surface area contributed by atoms with Gasteiger partial charge in [-0.1, -0.05) is 12.8 Å². The summed E-state index contributed by atoms with van der Waals surface area (Å²) in [6, 6.07) is 7.37. The van der Waals surface area contributed by atoms with Crippen molar-refractivity contribution >= 4 is 5.71 Å². The molecule has 2 nitrogen and oxygen atoms in total. The van der Waals surface area contributed by atoms with Crippen LogP contribution in [0.15, 0.2) is 29.3 Å². The van der Waals surface area contributed by atoms with Crippen molar-refractivity contribution in [2.75, 3.05) is 7.05 Å². The number of phenols is 1. The summed E-state index contributed by atoms with van der Waals surface area (Å²) in [5.41, 5.74) is 2.36. The molecule has 1 aliphatic rings. The van der Waals surface area contributed by atoms with Crippen LogP contribution in [0.5, 0.6) is 5.75 Å². The summed E-state index contributed by atoms with van der Waals surface area (Å²) in [5, 5.41) is 9.24. The van der Waals surface area contributed by atoms with Crippen molar-refractivity contribution in [1.82, 2.24) is 0 Å². The predicted octanol–water partition coefficient (Wildman–Crippen LogP) is 3.00. The highest BCUT2D eigenvalue weighted by Gasteiger charge is 2.21. The smallest absolute Gasteiger partial charge is 0.115 e. The number of phenolic OH excluding ortho intramolecular Hbond substituents is 1. The van der Waals surface area contributed by atoms with E-state index in [9.17, 15) is 5.11 Å². The minimum absolute atomic E-state index is 0.320. The number of rotatable bonds is 2. The zero-order valence-corrected chi connectivity index (χ0v) is 9.11. The summed E-state index contributed by atoms with van der Waals surface area (Å²) >= 11 is 0. The quantitative estimate of drug-likeness (QED) is 0.736. The van der Waals surface area contributed by atoms with Gasteiger partial charge in [0.1, 0.15) is 5.75 Å². The van der Waals surface area contributed by atoms with Crippen molar-refractivity contribution < 1.29 is 5.11 Å². The second kappa shape index (κ2) is 4.47. The summed E-state index contributed by atoms with van der Waals surface area (Å²) < 4.78 is 0. The Kier molecular flexibility index (Phi) is 3.05. The van der Waals surface area contributed by atoms with Crippen molar-refractivity contribution in [1.29, 1.82) is 0 Å². The van der Waals surface area contributed by atoms with Crippen molar-refractivity contribution in [2.45, 2.75) is 25.7 Å². The molecule has 0 spiro atoms. The van der Waals surface area contributed by atoms with Gasteiger partial charge in [0, 0.05) is 18.7 Å². The number of benzene rings is 1. The second-order valence-electron chi connectivity index (χ2n) is 4.14. The third kappa shape index (κ3) is 2.20. The first kappa shape index (κ1) is 10.2. The standard InChI is InChI=1S/C13H17NO/c1-14-13(10-4-2-3-5-10)11-6-8-12(15)9-7-11/h6-10,15H,2-5H2,1H3. The molecule has 80 valence electrons. The predicted molar refractivity (Wildman–Crippen MR) is 62.5 cm³/mol. The van der Waals surface area contributed by atoms with Crippen LogP contribution in [0.2, 0.25) is 0 Å². The molecule has 1 aromatic carbocycles. The molecule has 0 bridgehead atoms. The fourth-order valence-corrected chi connectivity index (χ4v) is 2.38. The Morgan fingerprint density at radius 3 is 2.33 bits per heavy atom. The van der Waals surface area contributed by atoms with Gasteiger partial charge in [-0.15, -0.1) is 0 Å². The molecule has 1 N–H and O–H groups in total. The fourth-order valence-electron chi connectivity index (χ4n) is 2.38. The van der Waals surface area contributed by atoms with E-state index in [0.29, 0.717) is 11.7 Å². The Bertz CT molecular complexity index is 347. The van der Waals surface area contributed by atoms with Crippen LogP contribution in [-0.2, 0) is 0 Å². The van der Waals surface area contributed by atoms with Crippen molar-refractivity contribution in [3.63, 3.8) is 0 Å². The molecule has 0 atom stereocenters. The first-order valence-electron chi connectivity index (χ1n) is 5.57. The van der Waals surface area contributed by atoms with Gasteiger partial charge < -0.3 is 5.11 Å². The van der Waals surface area contributed by atoms with E-state index in [1.165, 1.54) is 31.4 Å². The van der Waals surface area contributed by atoms with E-state index >= 15 is 0 Å². The van der Waals surface area contributed by atoms with E-state index in [4.69, 9.17) is 0 Å².